The van der Waals surface area contributed by atoms with Gasteiger partial charge in [0.1, 0.15) is 0 Å². The maximum atomic E-state index is 6.17. The molecule has 1 aliphatic heterocycles. The van der Waals surface area contributed by atoms with Gasteiger partial charge in [0.2, 0.25) is 0 Å². The van der Waals surface area contributed by atoms with Crippen LogP contribution in [0, 0.1) is 5.92 Å². The topological polar surface area (TPSA) is 32.5 Å². The predicted molar refractivity (Wildman–Crippen MR) is 77.7 cm³/mol. The Morgan fingerprint density at radius 3 is 2.72 bits per heavy atom. The second-order valence-corrected chi connectivity index (χ2v) is 6.81. The molecule has 0 amide bonds. The van der Waals surface area contributed by atoms with Gasteiger partial charge < -0.3 is 10.6 Å². The summed E-state index contributed by atoms with van der Waals surface area (Å²) in [5.74, 6) is 0.891. The molecule has 0 aromatic rings. The Labute approximate surface area is 113 Å². The summed E-state index contributed by atoms with van der Waals surface area (Å²) in [5, 5.41) is 0. The fourth-order valence-corrected chi connectivity index (χ4v) is 4.08. The van der Waals surface area contributed by atoms with Crippen LogP contribution in [0.15, 0.2) is 0 Å². The first-order valence-electron chi connectivity index (χ1n) is 7.69. The third kappa shape index (κ3) is 2.89. The van der Waals surface area contributed by atoms with Gasteiger partial charge in [0.15, 0.2) is 0 Å². The number of rotatable bonds is 3. The normalized spacial score (nSPS) is 39.2. The molecule has 1 saturated heterocycles. The van der Waals surface area contributed by atoms with Crippen LogP contribution in [0.5, 0.6) is 0 Å². The van der Waals surface area contributed by atoms with Crippen molar-refractivity contribution < 1.29 is 0 Å². The SMILES string of the molecule is CC1CCCC(N(C)C2(CN)CCCN(C)C2)C1. The van der Waals surface area contributed by atoms with Crippen molar-refractivity contribution in [2.75, 3.05) is 33.7 Å². The van der Waals surface area contributed by atoms with Gasteiger partial charge in [-0.15, -0.1) is 0 Å². The van der Waals surface area contributed by atoms with Gasteiger partial charge in [0.25, 0.3) is 0 Å². The van der Waals surface area contributed by atoms with Crippen molar-refractivity contribution in [1.82, 2.24) is 9.80 Å². The van der Waals surface area contributed by atoms with E-state index in [1.54, 1.807) is 0 Å². The summed E-state index contributed by atoms with van der Waals surface area (Å²) in [6, 6.07) is 0.754. The molecular formula is C15H31N3. The molecule has 2 aliphatic rings. The van der Waals surface area contributed by atoms with E-state index in [2.05, 4.69) is 30.8 Å². The summed E-state index contributed by atoms with van der Waals surface area (Å²) in [4.78, 5) is 5.11. The van der Waals surface area contributed by atoms with Crippen LogP contribution in [0.4, 0.5) is 0 Å². The Kier molecular flexibility index (Phi) is 4.68. The molecule has 0 aromatic carbocycles. The van der Waals surface area contributed by atoms with Crippen molar-refractivity contribution >= 4 is 0 Å². The van der Waals surface area contributed by atoms with E-state index < -0.39 is 0 Å². The van der Waals surface area contributed by atoms with Gasteiger partial charge in [-0.05, 0) is 52.2 Å². The van der Waals surface area contributed by atoms with E-state index in [-0.39, 0.29) is 5.54 Å². The van der Waals surface area contributed by atoms with E-state index in [4.69, 9.17) is 5.73 Å². The number of nitrogens with zero attached hydrogens (tertiary/aromatic N) is 2. The molecule has 106 valence electrons. The Balaban J connectivity index is 2.06. The Bertz CT molecular complexity index is 268. The summed E-state index contributed by atoms with van der Waals surface area (Å²) in [6.45, 7) is 5.59. The zero-order valence-electron chi connectivity index (χ0n) is 12.5. The largest absolute Gasteiger partial charge is 0.329 e. The van der Waals surface area contributed by atoms with Crippen LogP contribution < -0.4 is 5.73 Å². The molecule has 2 rings (SSSR count). The lowest BCUT2D eigenvalue weighted by Crippen LogP contribution is -2.63. The van der Waals surface area contributed by atoms with Crippen LogP contribution in [-0.4, -0.2) is 55.1 Å². The Hall–Kier alpha value is -0.120. The molecule has 1 aliphatic carbocycles. The van der Waals surface area contributed by atoms with Crippen LogP contribution in [0.25, 0.3) is 0 Å². The quantitative estimate of drug-likeness (QED) is 0.834. The number of likely N-dealkylation sites (tertiary alicyclic amines) is 1. The lowest BCUT2D eigenvalue weighted by Gasteiger charge is -2.51. The van der Waals surface area contributed by atoms with E-state index in [0.29, 0.717) is 0 Å². The van der Waals surface area contributed by atoms with Crippen LogP contribution in [-0.2, 0) is 0 Å². The minimum Gasteiger partial charge on any atom is -0.329 e. The number of nitrogens with two attached hydrogens (primary N) is 1. The first-order valence-corrected chi connectivity index (χ1v) is 7.69. The van der Waals surface area contributed by atoms with E-state index in [0.717, 1.165) is 25.0 Å². The monoisotopic (exact) mass is 253 g/mol. The number of piperidine rings is 1. The molecular weight excluding hydrogens is 222 g/mol. The van der Waals surface area contributed by atoms with E-state index in [1.165, 1.54) is 45.1 Å². The van der Waals surface area contributed by atoms with Crippen molar-refractivity contribution in [1.29, 1.82) is 0 Å². The molecule has 2 N–H and O–H groups in total. The highest BCUT2D eigenvalue weighted by Gasteiger charge is 2.40. The summed E-state index contributed by atoms with van der Waals surface area (Å²) in [7, 11) is 4.57. The standard InChI is InChI=1S/C15H31N3/c1-13-6-4-7-14(10-13)18(3)15(11-16)8-5-9-17(2)12-15/h13-14H,4-12,16H2,1-3H3. The minimum atomic E-state index is 0.231. The van der Waals surface area contributed by atoms with Gasteiger partial charge in [-0.2, -0.15) is 0 Å². The Morgan fingerprint density at radius 2 is 2.11 bits per heavy atom. The molecule has 1 heterocycles. The van der Waals surface area contributed by atoms with Crippen LogP contribution in [0.1, 0.15) is 45.4 Å². The summed E-state index contributed by atoms with van der Waals surface area (Å²) < 4.78 is 0. The van der Waals surface area contributed by atoms with Gasteiger partial charge >= 0.3 is 0 Å². The van der Waals surface area contributed by atoms with E-state index >= 15 is 0 Å². The number of likely N-dealkylation sites (N-methyl/N-ethyl adjacent to an activating group) is 2. The summed E-state index contributed by atoms with van der Waals surface area (Å²) in [6.07, 6.45) is 8.11. The van der Waals surface area contributed by atoms with Gasteiger partial charge in [0, 0.05) is 24.7 Å². The molecule has 1 saturated carbocycles. The Morgan fingerprint density at radius 1 is 1.33 bits per heavy atom. The fraction of sp³-hybridized carbons (Fsp3) is 1.00. The smallest absolute Gasteiger partial charge is 0.0458 e. The lowest BCUT2D eigenvalue weighted by atomic mass is 9.81. The number of hydrogen-bond acceptors (Lipinski definition) is 3. The molecule has 3 unspecified atom stereocenters. The highest BCUT2D eigenvalue weighted by Crippen LogP contribution is 2.33. The molecule has 0 radical (unpaired) electrons. The third-order valence-corrected chi connectivity index (χ3v) is 5.33. The van der Waals surface area contributed by atoms with Gasteiger partial charge in [-0.25, -0.2) is 0 Å². The average Bonchev–Trinajstić information content (AvgIpc) is 2.37. The van der Waals surface area contributed by atoms with Gasteiger partial charge in [-0.1, -0.05) is 19.8 Å². The zero-order valence-corrected chi connectivity index (χ0v) is 12.5. The molecule has 3 atom stereocenters. The summed E-state index contributed by atoms with van der Waals surface area (Å²) in [5.41, 5.74) is 6.41. The van der Waals surface area contributed by atoms with Crippen molar-refractivity contribution in [3.05, 3.63) is 0 Å². The highest BCUT2D eigenvalue weighted by atomic mass is 15.3. The molecule has 3 nitrogen and oxygen atoms in total. The maximum absolute atomic E-state index is 6.17. The molecule has 0 bridgehead atoms. The zero-order chi connectivity index (χ0) is 13.2. The predicted octanol–water partition coefficient (Wildman–Crippen LogP) is 1.92. The second kappa shape index (κ2) is 5.89. The first-order chi connectivity index (χ1) is 8.57. The van der Waals surface area contributed by atoms with E-state index in [1.807, 2.05) is 0 Å². The van der Waals surface area contributed by atoms with E-state index in [9.17, 15) is 0 Å². The summed E-state index contributed by atoms with van der Waals surface area (Å²) >= 11 is 0. The van der Waals surface area contributed by atoms with Crippen molar-refractivity contribution in [3.8, 4) is 0 Å². The minimum absolute atomic E-state index is 0.231. The maximum Gasteiger partial charge on any atom is 0.0458 e. The van der Waals surface area contributed by atoms with Crippen molar-refractivity contribution in [3.63, 3.8) is 0 Å². The van der Waals surface area contributed by atoms with Crippen molar-refractivity contribution in [2.24, 2.45) is 11.7 Å². The molecule has 0 aromatic heterocycles. The average molecular weight is 253 g/mol. The lowest BCUT2D eigenvalue weighted by molar-refractivity contribution is -0.00137. The van der Waals surface area contributed by atoms with Gasteiger partial charge in [-0.3, -0.25) is 4.90 Å². The molecule has 18 heavy (non-hydrogen) atoms. The van der Waals surface area contributed by atoms with Gasteiger partial charge in [0.05, 0.1) is 0 Å². The second-order valence-electron chi connectivity index (χ2n) is 6.81. The van der Waals surface area contributed by atoms with Crippen LogP contribution in [0.2, 0.25) is 0 Å². The molecule has 3 heteroatoms. The van der Waals surface area contributed by atoms with Crippen LogP contribution >= 0.6 is 0 Å². The molecule has 2 fully saturated rings. The third-order valence-electron chi connectivity index (χ3n) is 5.33. The highest BCUT2D eigenvalue weighted by molar-refractivity contribution is 4.98. The molecule has 0 spiro atoms. The number of hydrogen-bond donors (Lipinski definition) is 1. The fourth-order valence-electron chi connectivity index (χ4n) is 4.08. The van der Waals surface area contributed by atoms with Crippen LogP contribution in [0.3, 0.4) is 0 Å². The van der Waals surface area contributed by atoms with Crippen molar-refractivity contribution in [2.45, 2.75) is 57.0 Å². The first kappa shape index (κ1) is 14.3.